The van der Waals surface area contributed by atoms with Crippen LogP contribution in [0, 0.1) is 0 Å². The summed E-state index contributed by atoms with van der Waals surface area (Å²) in [6.07, 6.45) is 0. The number of carboxylic acid groups (broad SMARTS) is 1. The second kappa shape index (κ2) is 5.16. The topological polar surface area (TPSA) is 74.7 Å². The number of nitrogens with zero attached hydrogens (tertiary/aromatic N) is 1. The number of thiophene rings is 1. The summed E-state index contributed by atoms with van der Waals surface area (Å²) in [4.78, 5) is 13.7. The summed E-state index contributed by atoms with van der Waals surface area (Å²) in [5.41, 5.74) is 0. The van der Waals surface area contributed by atoms with E-state index in [4.69, 9.17) is 16.7 Å². The summed E-state index contributed by atoms with van der Waals surface area (Å²) in [7, 11) is -3.24. The van der Waals surface area contributed by atoms with Gasteiger partial charge >= 0.3 is 5.97 Å². The molecule has 1 N–H and O–H groups in total. The zero-order valence-corrected chi connectivity index (χ0v) is 11.8. The van der Waals surface area contributed by atoms with Crippen molar-refractivity contribution in [3.63, 3.8) is 0 Å². The molecule has 100 valence electrons. The van der Waals surface area contributed by atoms with Gasteiger partial charge in [0.05, 0.1) is 15.8 Å². The molecule has 1 unspecified atom stereocenters. The van der Waals surface area contributed by atoms with E-state index < -0.39 is 21.8 Å². The van der Waals surface area contributed by atoms with Gasteiger partial charge in [-0.15, -0.1) is 11.3 Å². The first-order valence-electron chi connectivity index (χ1n) is 5.29. The van der Waals surface area contributed by atoms with Gasteiger partial charge in [0.15, 0.2) is 9.84 Å². The highest BCUT2D eigenvalue weighted by Crippen LogP contribution is 2.24. The summed E-state index contributed by atoms with van der Waals surface area (Å²) in [6, 6.07) is 2.61. The number of sulfone groups is 1. The molecule has 0 spiro atoms. The van der Waals surface area contributed by atoms with Crippen LogP contribution in [0.5, 0.6) is 0 Å². The largest absolute Gasteiger partial charge is 0.480 e. The van der Waals surface area contributed by atoms with Gasteiger partial charge in [0, 0.05) is 18.0 Å². The average molecular weight is 310 g/mol. The number of hydrogen-bond acceptors (Lipinski definition) is 5. The fourth-order valence-corrected chi connectivity index (χ4v) is 4.52. The third kappa shape index (κ3) is 3.23. The number of hydrogen-bond donors (Lipinski definition) is 1. The van der Waals surface area contributed by atoms with Crippen LogP contribution in [-0.4, -0.2) is 48.5 Å². The van der Waals surface area contributed by atoms with Gasteiger partial charge in [-0.1, -0.05) is 11.6 Å². The molecule has 1 aromatic heterocycles. The highest BCUT2D eigenvalue weighted by atomic mass is 35.5. The predicted molar refractivity (Wildman–Crippen MR) is 69.8 cm³/mol. The minimum absolute atomic E-state index is 0.00981. The summed E-state index contributed by atoms with van der Waals surface area (Å²) < 4.78 is 23.6. The lowest BCUT2D eigenvalue weighted by Gasteiger charge is -2.32. The molecule has 0 amide bonds. The molecule has 0 bridgehead atoms. The lowest BCUT2D eigenvalue weighted by molar-refractivity contribution is -0.142. The maximum absolute atomic E-state index is 11.5. The molecule has 1 aliphatic heterocycles. The smallest absolute Gasteiger partial charge is 0.321 e. The summed E-state index contributed by atoms with van der Waals surface area (Å²) >= 11 is 7.19. The van der Waals surface area contributed by atoms with Crippen molar-refractivity contribution in [3.05, 3.63) is 21.3 Å². The van der Waals surface area contributed by atoms with E-state index in [1.165, 1.54) is 11.3 Å². The fourth-order valence-electron chi connectivity index (χ4n) is 1.90. The van der Waals surface area contributed by atoms with E-state index in [1.54, 1.807) is 11.0 Å². The summed E-state index contributed by atoms with van der Waals surface area (Å²) in [6.45, 7) is 0.665. The van der Waals surface area contributed by atoms with Crippen LogP contribution in [0.2, 0.25) is 4.34 Å². The Bertz CT molecular complexity index is 554. The first-order chi connectivity index (χ1) is 8.37. The molecule has 0 saturated carbocycles. The fraction of sp³-hybridized carbons (Fsp3) is 0.500. The van der Waals surface area contributed by atoms with Crippen LogP contribution in [0.15, 0.2) is 12.1 Å². The zero-order valence-electron chi connectivity index (χ0n) is 9.37. The van der Waals surface area contributed by atoms with Crippen LogP contribution >= 0.6 is 22.9 Å². The number of carboxylic acids is 1. The van der Waals surface area contributed by atoms with E-state index in [9.17, 15) is 13.2 Å². The van der Waals surface area contributed by atoms with E-state index in [0.29, 0.717) is 10.9 Å². The first-order valence-corrected chi connectivity index (χ1v) is 8.30. The molecule has 1 atom stereocenters. The molecule has 8 heteroatoms. The highest BCUT2D eigenvalue weighted by Gasteiger charge is 2.35. The van der Waals surface area contributed by atoms with Crippen molar-refractivity contribution < 1.29 is 18.3 Å². The molecule has 1 saturated heterocycles. The molecule has 0 aromatic carbocycles. The van der Waals surface area contributed by atoms with Crippen LogP contribution in [0.25, 0.3) is 0 Å². The molecule has 2 rings (SSSR count). The first kappa shape index (κ1) is 13.8. The van der Waals surface area contributed by atoms with Crippen LogP contribution in [0.4, 0.5) is 0 Å². The van der Waals surface area contributed by atoms with Gasteiger partial charge in [-0.25, -0.2) is 8.42 Å². The van der Waals surface area contributed by atoms with Crippen molar-refractivity contribution in [2.45, 2.75) is 12.6 Å². The minimum Gasteiger partial charge on any atom is -0.480 e. The van der Waals surface area contributed by atoms with Gasteiger partial charge in [0.25, 0.3) is 0 Å². The molecule has 1 aromatic rings. The van der Waals surface area contributed by atoms with Crippen molar-refractivity contribution in [2.75, 3.05) is 18.1 Å². The van der Waals surface area contributed by atoms with Crippen LogP contribution < -0.4 is 0 Å². The molecule has 2 heterocycles. The second-order valence-electron chi connectivity index (χ2n) is 4.14. The monoisotopic (exact) mass is 309 g/mol. The molecular formula is C10H12ClNO4S2. The average Bonchev–Trinajstić information content (AvgIpc) is 2.66. The van der Waals surface area contributed by atoms with Crippen molar-refractivity contribution >= 4 is 38.7 Å². The van der Waals surface area contributed by atoms with Crippen molar-refractivity contribution in [1.82, 2.24) is 4.90 Å². The Labute approximate surface area is 114 Å². The quantitative estimate of drug-likeness (QED) is 0.904. The molecular weight excluding hydrogens is 298 g/mol. The van der Waals surface area contributed by atoms with Gasteiger partial charge < -0.3 is 5.11 Å². The SMILES string of the molecule is O=C(O)C1CS(=O)(=O)CCN1Cc1ccc(Cl)s1. The Morgan fingerprint density at radius 1 is 1.56 bits per heavy atom. The van der Waals surface area contributed by atoms with Gasteiger partial charge in [0.1, 0.15) is 6.04 Å². The lowest BCUT2D eigenvalue weighted by atomic mass is 10.2. The standard InChI is InChI=1S/C10H12ClNO4S2/c11-9-2-1-7(17-9)5-12-3-4-18(15,16)6-8(12)10(13)14/h1-2,8H,3-6H2,(H,13,14). The van der Waals surface area contributed by atoms with E-state index >= 15 is 0 Å². The third-order valence-electron chi connectivity index (χ3n) is 2.81. The zero-order chi connectivity index (χ0) is 13.3. The molecule has 5 nitrogen and oxygen atoms in total. The maximum Gasteiger partial charge on any atom is 0.321 e. The van der Waals surface area contributed by atoms with Gasteiger partial charge in [-0.05, 0) is 12.1 Å². The van der Waals surface area contributed by atoms with E-state index in [2.05, 4.69) is 0 Å². The Balaban J connectivity index is 2.14. The number of rotatable bonds is 3. The molecule has 1 aliphatic rings. The molecule has 0 radical (unpaired) electrons. The van der Waals surface area contributed by atoms with Crippen molar-refractivity contribution in [1.29, 1.82) is 0 Å². The Morgan fingerprint density at radius 3 is 2.83 bits per heavy atom. The predicted octanol–water partition coefficient (Wildman–Crippen LogP) is 1.09. The van der Waals surface area contributed by atoms with E-state index in [1.807, 2.05) is 6.07 Å². The van der Waals surface area contributed by atoms with Crippen molar-refractivity contribution in [3.8, 4) is 0 Å². The van der Waals surface area contributed by atoms with Crippen LogP contribution in [0.1, 0.15) is 4.88 Å². The van der Waals surface area contributed by atoms with Gasteiger partial charge in [-0.2, -0.15) is 0 Å². The maximum atomic E-state index is 11.5. The number of halogens is 1. The van der Waals surface area contributed by atoms with Gasteiger partial charge in [-0.3, -0.25) is 9.69 Å². The van der Waals surface area contributed by atoms with Crippen LogP contribution in [0.3, 0.4) is 0 Å². The summed E-state index contributed by atoms with van der Waals surface area (Å²) in [5.74, 6) is -1.40. The summed E-state index contributed by atoms with van der Waals surface area (Å²) in [5, 5.41) is 9.10. The van der Waals surface area contributed by atoms with E-state index in [0.717, 1.165) is 4.88 Å². The number of aliphatic carboxylic acids is 1. The van der Waals surface area contributed by atoms with E-state index in [-0.39, 0.29) is 18.1 Å². The van der Waals surface area contributed by atoms with Crippen LogP contribution in [-0.2, 0) is 21.2 Å². The lowest BCUT2D eigenvalue weighted by Crippen LogP contribution is -2.51. The highest BCUT2D eigenvalue weighted by molar-refractivity contribution is 7.91. The van der Waals surface area contributed by atoms with Crippen molar-refractivity contribution in [2.24, 2.45) is 0 Å². The number of carbonyl (C=O) groups is 1. The third-order valence-corrected chi connectivity index (χ3v) is 5.66. The second-order valence-corrected chi connectivity index (χ2v) is 8.17. The van der Waals surface area contributed by atoms with Gasteiger partial charge in [0.2, 0.25) is 0 Å². The molecule has 1 fully saturated rings. The Kier molecular flexibility index (Phi) is 3.96. The molecule has 18 heavy (non-hydrogen) atoms. The molecule has 0 aliphatic carbocycles. The Morgan fingerprint density at radius 2 is 2.28 bits per heavy atom. The minimum atomic E-state index is -3.24. The normalized spacial score (nSPS) is 23.9. The Hall–Kier alpha value is -0.630.